The van der Waals surface area contributed by atoms with E-state index in [2.05, 4.69) is 9.05 Å². The number of carboxylic acid groups (broad SMARTS) is 1. The molecule has 0 bridgehead atoms. The van der Waals surface area contributed by atoms with Crippen LogP contribution in [0.4, 0.5) is 22.0 Å². The van der Waals surface area contributed by atoms with E-state index in [9.17, 15) is 31.3 Å². The number of halogens is 5. The fourth-order valence-electron chi connectivity index (χ4n) is 1.34. The SMILES string of the molecule is CCOP(=O)(NC(C)C(=O)O)Oc1c(F)c(F)c(F)c(F)c1F. The fraction of sp³-hybridized carbons (Fsp3) is 0.364. The minimum atomic E-state index is -4.73. The lowest BCUT2D eigenvalue weighted by molar-refractivity contribution is -0.138. The van der Waals surface area contributed by atoms with Crippen molar-refractivity contribution in [1.29, 1.82) is 0 Å². The molecule has 0 saturated carbocycles. The van der Waals surface area contributed by atoms with E-state index in [1.165, 1.54) is 6.92 Å². The molecule has 0 aromatic heterocycles. The number of benzene rings is 1. The lowest BCUT2D eigenvalue weighted by Gasteiger charge is -2.21. The zero-order chi connectivity index (χ0) is 17.9. The molecule has 23 heavy (non-hydrogen) atoms. The molecule has 0 amide bonds. The molecule has 0 fully saturated rings. The average molecular weight is 363 g/mol. The van der Waals surface area contributed by atoms with Crippen molar-refractivity contribution in [3.8, 4) is 5.75 Å². The van der Waals surface area contributed by atoms with Crippen LogP contribution < -0.4 is 9.61 Å². The van der Waals surface area contributed by atoms with Crippen LogP contribution in [0, 0.1) is 29.1 Å². The summed E-state index contributed by atoms with van der Waals surface area (Å²) in [5.41, 5.74) is 0. The fourth-order valence-corrected chi connectivity index (χ4v) is 2.84. The highest BCUT2D eigenvalue weighted by Gasteiger charge is 2.36. The third-order valence-electron chi connectivity index (χ3n) is 2.40. The molecule has 0 aliphatic rings. The molecule has 0 aliphatic carbocycles. The van der Waals surface area contributed by atoms with E-state index in [1.807, 2.05) is 0 Å². The highest BCUT2D eigenvalue weighted by molar-refractivity contribution is 7.52. The molecule has 12 heteroatoms. The molecule has 6 nitrogen and oxygen atoms in total. The van der Waals surface area contributed by atoms with Gasteiger partial charge in [-0.1, -0.05) is 0 Å². The highest BCUT2D eigenvalue weighted by atomic mass is 31.2. The zero-order valence-electron chi connectivity index (χ0n) is 11.7. The third kappa shape index (κ3) is 4.18. The Kier molecular flexibility index (Phi) is 6.09. The van der Waals surface area contributed by atoms with Gasteiger partial charge in [0.2, 0.25) is 34.8 Å². The molecule has 0 saturated heterocycles. The smallest absolute Gasteiger partial charge is 0.459 e. The largest absolute Gasteiger partial charge is 0.480 e. The first-order valence-electron chi connectivity index (χ1n) is 6.00. The van der Waals surface area contributed by atoms with E-state index in [1.54, 1.807) is 5.09 Å². The van der Waals surface area contributed by atoms with Crippen molar-refractivity contribution in [1.82, 2.24) is 5.09 Å². The summed E-state index contributed by atoms with van der Waals surface area (Å²) in [7, 11) is -4.73. The molecule has 0 aliphatic heterocycles. The first-order chi connectivity index (χ1) is 10.5. The summed E-state index contributed by atoms with van der Waals surface area (Å²) in [4.78, 5) is 10.7. The summed E-state index contributed by atoms with van der Waals surface area (Å²) >= 11 is 0. The number of aliphatic carboxylic acids is 1. The van der Waals surface area contributed by atoms with E-state index < -0.39 is 54.6 Å². The zero-order valence-corrected chi connectivity index (χ0v) is 12.6. The molecule has 130 valence electrons. The molecule has 2 unspecified atom stereocenters. The van der Waals surface area contributed by atoms with Crippen LogP contribution in [0.25, 0.3) is 0 Å². The van der Waals surface area contributed by atoms with E-state index in [0.717, 1.165) is 6.92 Å². The first-order valence-corrected chi connectivity index (χ1v) is 7.54. The van der Waals surface area contributed by atoms with Crippen molar-refractivity contribution in [2.45, 2.75) is 19.9 Å². The average Bonchev–Trinajstić information content (AvgIpc) is 2.47. The Morgan fingerprint density at radius 3 is 1.96 bits per heavy atom. The Bertz CT molecular complexity index is 642. The second kappa shape index (κ2) is 7.24. The van der Waals surface area contributed by atoms with Gasteiger partial charge in [0.15, 0.2) is 0 Å². The van der Waals surface area contributed by atoms with Gasteiger partial charge in [0.1, 0.15) is 6.04 Å². The van der Waals surface area contributed by atoms with Gasteiger partial charge in [0, 0.05) is 0 Å². The van der Waals surface area contributed by atoms with Crippen molar-refractivity contribution in [2.24, 2.45) is 0 Å². The van der Waals surface area contributed by atoms with Gasteiger partial charge < -0.3 is 9.63 Å². The minimum Gasteiger partial charge on any atom is -0.480 e. The number of carboxylic acids is 1. The van der Waals surface area contributed by atoms with Gasteiger partial charge in [-0.2, -0.15) is 13.9 Å². The Hall–Kier alpha value is -1.71. The van der Waals surface area contributed by atoms with Gasteiger partial charge in [-0.05, 0) is 13.8 Å². The molecular weight excluding hydrogens is 352 g/mol. The van der Waals surface area contributed by atoms with Gasteiger partial charge in [-0.3, -0.25) is 9.32 Å². The second-order valence-electron chi connectivity index (χ2n) is 4.09. The maximum Gasteiger partial charge on any atom is 0.459 e. The van der Waals surface area contributed by atoms with E-state index in [0.29, 0.717) is 0 Å². The lowest BCUT2D eigenvalue weighted by Crippen LogP contribution is -2.33. The van der Waals surface area contributed by atoms with Crippen molar-refractivity contribution in [2.75, 3.05) is 6.61 Å². The van der Waals surface area contributed by atoms with Crippen LogP contribution in [-0.2, 0) is 13.9 Å². The highest BCUT2D eigenvalue weighted by Crippen LogP contribution is 2.47. The number of hydrogen-bond donors (Lipinski definition) is 2. The summed E-state index contributed by atoms with van der Waals surface area (Å²) in [6.07, 6.45) is 0. The summed E-state index contributed by atoms with van der Waals surface area (Å²) in [6.45, 7) is 1.91. The van der Waals surface area contributed by atoms with Crippen LogP contribution in [0.2, 0.25) is 0 Å². The van der Waals surface area contributed by atoms with Gasteiger partial charge in [0.05, 0.1) is 6.61 Å². The predicted octanol–water partition coefficient (Wildman–Crippen LogP) is 2.97. The van der Waals surface area contributed by atoms with Crippen LogP contribution >= 0.6 is 7.75 Å². The van der Waals surface area contributed by atoms with Crippen LogP contribution in [0.15, 0.2) is 0 Å². The molecule has 1 aromatic carbocycles. The van der Waals surface area contributed by atoms with E-state index in [-0.39, 0.29) is 6.61 Å². The Balaban J connectivity index is 3.30. The quantitative estimate of drug-likeness (QED) is 0.335. The van der Waals surface area contributed by atoms with Gasteiger partial charge in [-0.15, -0.1) is 0 Å². The number of hydrogen-bond acceptors (Lipinski definition) is 4. The number of rotatable bonds is 7. The van der Waals surface area contributed by atoms with Gasteiger partial charge in [-0.25, -0.2) is 17.7 Å². The molecule has 0 heterocycles. The molecule has 2 N–H and O–H groups in total. The van der Waals surface area contributed by atoms with Crippen molar-refractivity contribution in [3.63, 3.8) is 0 Å². The van der Waals surface area contributed by atoms with Crippen LogP contribution in [-0.4, -0.2) is 23.7 Å². The number of carbonyl (C=O) groups is 1. The molecule has 2 atom stereocenters. The molecular formula is C11H11F5NO5P. The predicted molar refractivity (Wildman–Crippen MR) is 66.3 cm³/mol. The Morgan fingerprint density at radius 1 is 1.13 bits per heavy atom. The summed E-state index contributed by atoms with van der Waals surface area (Å²) in [5.74, 6) is -15.2. The summed E-state index contributed by atoms with van der Waals surface area (Å²) in [6, 6.07) is -1.56. The van der Waals surface area contributed by atoms with Crippen LogP contribution in [0.3, 0.4) is 0 Å². The van der Waals surface area contributed by atoms with Crippen LogP contribution in [0.5, 0.6) is 5.75 Å². The molecule has 0 radical (unpaired) electrons. The Morgan fingerprint density at radius 2 is 1.57 bits per heavy atom. The molecule has 1 aromatic rings. The van der Waals surface area contributed by atoms with Crippen molar-refractivity contribution >= 4 is 13.7 Å². The second-order valence-corrected chi connectivity index (χ2v) is 5.79. The standard InChI is InChI=1S/C11H11F5NO5P/c1-3-21-23(20,17-4(2)11(18)19)22-10-8(15)6(13)5(12)7(14)9(10)16/h4H,3H2,1-2H3,(H,17,20)(H,18,19). The number of nitrogens with one attached hydrogen (secondary N) is 1. The van der Waals surface area contributed by atoms with E-state index >= 15 is 0 Å². The molecule has 1 rings (SSSR count). The maximum atomic E-state index is 13.5. The lowest BCUT2D eigenvalue weighted by atomic mass is 10.3. The monoisotopic (exact) mass is 363 g/mol. The van der Waals surface area contributed by atoms with Gasteiger partial charge in [0.25, 0.3) is 0 Å². The third-order valence-corrected chi connectivity index (χ3v) is 4.13. The topological polar surface area (TPSA) is 84.9 Å². The van der Waals surface area contributed by atoms with Crippen LogP contribution in [0.1, 0.15) is 13.8 Å². The summed E-state index contributed by atoms with van der Waals surface area (Å²) in [5, 5.41) is 10.5. The molecule has 0 spiro atoms. The van der Waals surface area contributed by atoms with Gasteiger partial charge >= 0.3 is 13.7 Å². The maximum absolute atomic E-state index is 13.5. The van der Waals surface area contributed by atoms with Crippen molar-refractivity contribution < 1.29 is 45.5 Å². The van der Waals surface area contributed by atoms with E-state index in [4.69, 9.17) is 5.11 Å². The Labute approximate surface area is 126 Å². The minimum absolute atomic E-state index is 0.369. The summed E-state index contributed by atoms with van der Waals surface area (Å²) < 4.78 is 87.1. The van der Waals surface area contributed by atoms with Crippen molar-refractivity contribution in [3.05, 3.63) is 29.1 Å². The first kappa shape index (κ1) is 19.3. The normalized spacial score (nSPS) is 15.1.